The highest BCUT2D eigenvalue weighted by Crippen LogP contribution is 2.32. The number of halogens is 3. The number of rotatable bonds is 2. The molecule has 0 aromatic rings. The summed E-state index contributed by atoms with van der Waals surface area (Å²) in [6.45, 7) is 2.51. The number of hydrogen-bond donors (Lipinski definition) is 0. The van der Waals surface area contributed by atoms with Crippen molar-refractivity contribution >= 4 is 5.97 Å². The Morgan fingerprint density at radius 3 is 2.69 bits per heavy atom. The fraction of sp³-hybridized carbons (Fsp3) is 0.778. The van der Waals surface area contributed by atoms with Gasteiger partial charge in [-0.05, 0) is 6.42 Å². The van der Waals surface area contributed by atoms with Crippen LogP contribution in [-0.2, 0) is 9.53 Å². The Morgan fingerprint density at radius 1 is 1.62 bits per heavy atom. The minimum absolute atomic E-state index is 0.110. The van der Waals surface area contributed by atoms with Crippen molar-refractivity contribution in [1.82, 2.24) is 4.90 Å². The van der Waals surface area contributed by atoms with E-state index < -0.39 is 17.9 Å². The largest absolute Gasteiger partial charge is 0.491 e. The van der Waals surface area contributed by atoms with Gasteiger partial charge in [-0.25, -0.2) is 4.79 Å². The van der Waals surface area contributed by atoms with Crippen LogP contribution in [0.5, 0.6) is 0 Å². The van der Waals surface area contributed by atoms with Crippen LogP contribution >= 0.6 is 0 Å². The smallest absolute Gasteiger partial charge is 0.423 e. The van der Waals surface area contributed by atoms with Crippen LogP contribution in [0.15, 0.2) is 0 Å². The monoisotopic (exact) mass is 236 g/mol. The van der Waals surface area contributed by atoms with Crippen LogP contribution in [0.2, 0.25) is 0 Å². The second kappa shape index (κ2) is 4.29. The Hall–Kier alpha value is -1.29. The van der Waals surface area contributed by atoms with E-state index in [2.05, 4.69) is 4.74 Å². The van der Waals surface area contributed by atoms with Gasteiger partial charge in [0.15, 0.2) is 0 Å². The van der Waals surface area contributed by atoms with Crippen molar-refractivity contribution in [2.75, 3.05) is 13.1 Å². The first-order valence-corrected chi connectivity index (χ1v) is 4.82. The zero-order valence-corrected chi connectivity index (χ0v) is 8.67. The minimum atomic E-state index is -5.06. The van der Waals surface area contributed by atoms with Crippen LogP contribution in [0, 0.1) is 11.3 Å². The van der Waals surface area contributed by atoms with Gasteiger partial charge >= 0.3 is 12.1 Å². The topological polar surface area (TPSA) is 53.3 Å². The van der Waals surface area contributed by atoms with Crippen LogP contribution in [-0.4, -0.2) is 35.9 Å². The second-order valence-corrected chi connectivity index (χ2v) is 3.47. The lowest BCUT2D eigenvalue weighted by atomic mass is 10.2. The second-order valence-electron chi connectivity index (χ2n) is 3.47. The summed E-state index contributed by atoms with van der Waals surface area (Å²) in [7, 11) is 0. The van der Waals surface area contributed by atoms with Crippen molar-refractivity contribution < 1.29 is 22.7 Å². The Bertz CT molecular complexity index is 324. The van der Waals surface area contributed by atoms with E-state index >= 15 is 0 Å². The van der Waals surface area contributed by atoms with Gasteiger partial charge in [0, 0.05) is 19.5 Å². The van der Waals surface area contributed by atoms with Gasteiger partial charge in [0.25, 0.3) is 5.72 Å². The van der Waals surface area contributed by atoms with Gasteiger partial charge in [-0.15, -0.1) is 0 Å². The number of carbonyl (C=O) groups is 1. The Balaban J connectivity index is 2.84. The number of nitrogens with zero attached hydrogens (tertiary/aromatic N) is 2. The molecule has 0 radical (unpaired) electrons. The molecule has 1 atom stereocenters. The summed E-state index contributed by atoms with van der Waals surface area (Å²) in [5.74, 6) is -2.31. The summed E-state index contributed by atoms with van der Waals surface area (Å²) >= 11 is 0. The van der Waals surface area contributed by atoms with E-state index in [0.717, 1.165) is 0 Å². The van der Waals surface area contributed by atoms with E-state index in [-0.39, 0.29) is 6.42 Å². The van der Waals surface area contributed by atoms with Gasteiger partial charge in [-0.3, -0.25) is 4.90 Å². The molecule has 0 bridgehead atoms. The molecule has 0 amide bonds. The molecular weight excluding hydrogens is 225 g/mol. The molecule has 0 saturated carbocycles. The van der Waals surface area contributed by atoms with Gasteiger partial charge < -0.3 is 4.74 Å². The number of hydrogen-bond acceptors (Lipinski definition) is 4. The summed E-state index contributed by atoms with van der Waals surface area (Å²) in [6, 6.07) is 1.66. The first-order chi connectivity index (χ1) is 7.35. The van der Waals surface area contributed by atoms with Crippen molar-refractivity contribution in [3.05, 3.63) is 0 Å². The molecule has 1 fully saturated rings. The van der Waals surface area contributed by atoms with Crippen LogP contribution in [0.25, 0.3) is 0 Å². The number of nitriles is 1. The van der Waals surface area contributed by atoms with E-state index in [0.29, 0.717) is 19.5 Å². The third kappa shape index (κ3) is 2.27. The summed E-state index contributed by atoms with van der Waals surface area (Å²) in [4.78, 5) is 12.1. The zero-order chi connectivity index (χ0) is 12.4. The quantitative estimate of drug-likeness (QED) is 0.680. The van der Waals surface area contributed by atoms with Gasteiger partial charge in [0.1, 0.15) is 6.07 Å². The average Bonchev–Trinajstić information content (AvgIpc) is 2.60. The molecule has 90 valence electrons. The SMILES string of the molecule is CCN1CCCC1(C#N)OC(=O)C(F)(F)F. The highest BCUT2D eigenvalue weighted by Gasteiger charge is 2.50. The lowest BCUT2D eigenvalue weighted by Gasteiger charge is -2.30. The molecule has 16 heavy (non-hydrogen) atoms. The average molecular weight is 236 g/mol. The summed E-state index contributed by atoms with van der Waals surface area (Å²) < 4.78 is 40.4. The molecule has 1 unspecified atom stereocenters. The van der Waals surface area contributed by atoms with Crippen molar-refractivity contribution in [3.8, 4) is 6.07 Å². The molecule has 0 N–H and O–H groups in total. The van der Waals surface area contributed by atoms with Gasteiger partial charge in [-0.1, -0.05) is 6.92 Å². The fourth-order valence-corrected chi connectivity index (χ4v) is 1.74. The van der Waals surface area contributed by atoms with Crippen molar-refractivity contribution in [2.24, 2.45) is 0 Å². The van der Waals surface area contributed by atoms with E-state index in [1.807, 2.05) is 0 Å². The van der Waals surface area contributed by atoms with E-state index in [4.69, 9.17) is 5.26 Å². The number of carbonyl (C=O) groups excluding carboxylic acids is 1. The first-order valence-electron chi connectivity index (χ1n) is 4.82. The minimum Gasteiger partial charge on any atom is -0.423 e. The predicted octanol–water partition coefficient (Wildman–Crippen LogP) is 1.43. The molecule has 0 aromatic carbocycles. The molecule has 4 nitrogen and oxygen atoms in total. The Kier molecular flexibility index (Phi) is 3.43. The highest BCUT2D eigenvalue weighted by molar-refractivity contribution is 5.76. The normalized spacial score (nSPS) is 26.4. The molecule has 7 heteroatoms. The van der Waals surface area contributed by atoms with Crippen LogP contribution in [0.4, 0.5) is 13.2 Å². The molecule has 0 aliphatic carbocycles. The fourth-order valence-electron chi connectivity index (χ4n) is 1.74. The molecule has 0 aromatic heterocycles. The van der Waals surface area contributed by atoms with E-state index in [1.54, 1.807) is 13.0 Å². The third-order valence-electron chi connectivity index (χ3n) is 2.50. The van der Waals surface area contributed by atoms with Gasteiger partial charge in [0.2, 0.25) is 0 Å². The number of ether oxygens (including phenoxy) is 1. The third-order valence-corrected chi connectivity index (χ3v) is 2.50. The van der Waals surface area contributed by atoms with Crippen molar-refractivity contribution in [3.63, 3.8) is 0 Å². The molecule has 0 spiro atoms. The Morgan fingerprint density at radius 2 is 2.25 bits per heavy atom. The van der Waals surface area contributed by atoms with Crippen molar-refractivity contribution in [1.29, 1.82) is 5.26 Å². The predicted molar refractivity (Wildman–Crippen MR) is 47.0 cm³/mol. The molecule has 1 aliphatic rings. The molecule has 1 heterocycles. The number of esters is 1. The number of alkyl halides is 3. The van der Waals surface area contributed by atoms with E-state index in [1.165, 1.54) is 4.90 Å². The lowest BCUT2D eigenvalue weighted by molar-refractivity contribution is -0.219. The van der Waals surface area contributed by atoms with Crippen LogP contribution in [0.1, 0.15) is 19.8 Å². The zero-order valence-electron chi connectivity index (χ0n) is 8.67. The molecule has 1 aliphatic heterocycles. The molecule has 1 saturated heterocycles. The maximum Gasteiger partial charge on any atom is 0.491 e. The van der Waals surface area contributed by atoms with Gasteiger partial charge in [0.05, 0.1) is 0 Å². The molecular formula is C9H11F3N2O2. The van der Waals surface area contributed by atoms with E-state index in [9.17, 15) is 18.0 Å². The van der Waals surface area contributed by atoms with Crippen LogP contribution in [0.3, 0.4) is 0 Å². The van der Waals surface area contributed by atoms with Crippen molar-refractivity contribution in [2.45, 2.75) is 31.7 Å². The summed E-state index contributed by atoms with van der Waals surface area (Å²) in [5, 5.41) is 8.90. The lowest BCUT2D eigenvalue weighted by Crippen LogP contribution is -2.48. The van der Waals surface area contributed by atoms with Crippen LogP contribution < -0.4 is 0 Å². The standard InChI is InChI=1S/C9H11F3N2O2/c1-2-14-5-3-4-8(14,6-13)16-7(15)9(10,11)12/h2-5H2,1H3. The number of likely N-dealkylation sites (tertiary alicyclic amines) is 1. The Labute approximate surface area is 90.6 Å². The summed E-state index contributed by atoms with van der Waals surface area (Å²) in [5.41, 5.74) is -1.75. The summed E-state index contributed by atoms with van der Waals surface area (Å²) in [6.07, 6.45) is -4.42. The first kappa shape index (κ1) is 12.8. The maximum atomic E-state index is 12.0. The maximum absolute atomic E-state index is 12.0. The highest BCUT2D eigenvalue weighted by atomic mass is 19.4. The van der Waals surface area contributed by atoms with Gasteiger partial charge in [-0.2, -0.15) is 18.4 Å². The molecule has 1 rings (SSSR count).